The second-order valence-electron chi connectivity index (χ2n) is 5.02. The Labute approximate surface area is 130 Å². The molecule has 1 saturated heterocycles. The molecule has 1 aromatic carbocycles. The van der Waals surface area contributed by atoms with Crippen LogP contribution in [-0.2, 0) is 15.1 Å². The van der Waals surface area contributed by atoms with Gasteiger partial charge >= 0.3 is 0 Å². The second-order valence-corrected chi connectivity index (χ2v) is 5.84. The zero-order valence-electron chi connectivity index (χ0n) is 11.8. The van der Waals surface area contributed by atoms with Gasteiger partial charge in [0, 0.05) is 13.2 Å². The first-order valence-corrected chi connectivity index (χ1v) is 7.81. The molecule has 0 spiro atoms. The summed E-state index contributed by atoms with van der Waals surface area (Å²) in [4.78, 5) is 0. The highest BCUT2D eigenvalue weighted by Gasteiger charge is 2.35. The maximum atomic E-state index is 6.15. The molecular weight excluding hydrogens is 297 g/mol. The van der Waals surface area contributed by atoms with Crippen molar-refractivity contribution in [3.8, 4) is 0 Å². The minimum absolute atomic E-state index is 0.438. The van der Waals surface area contributed by atoms with Gasteiger partial charge in [0.15, 0.2) is 0 Å². The monoisotopic (exact) mass is 317 g/mol. The highest BCUT2D eigenvalue weighted by atomic mass is 35.5. The van der Waals surface area contributed by atoms with Crippen molar-refractivity contribution in [2.24, 2.45) is 0 Å². The number of hydrogen-bond acceptors (Lipinski definition) is 3. The average molecular weight is 318 g/mol. The number of ether oxygens (including phenoxy) is 2. The van der Waals surface area contributed by atoms with E-state index < -0.39 is 5.60 Å². The van der Waals surface area contributed by atoms with Crippen molar-refractivity contribution in [3.05, 3.63) is 33.8 Å². The van der Waals surface area contributed by atoms with Crippen LogP contribution in [0.25, 0.3) is 0 Å². The molecule has 0 radical (unpaired) electrons. The summed E-state index contributed by atoms with van der Waals surface area (Å²) >= 11 is 12.2. The molecule has 1 heterocycles. The fourth-order valence-electron chi connectivity index (χ4n) is 2.39. The Balaban J connectivity index is 2.25. The fourth-order valence-corrected chi connectivity index (χ4v) is 2.69. The van der Waals surface area contributed by atoms with Crippen LogP contribution in [0, 0.1) is 0 Å². The first-order chi connectivity index (χ1) is 9.68. The van der Waals surface area contributed by atoms with Crippen molar-refractivity contribution >= 4 is 23.2 Å². The largest absolute Gasteiger partial charge is 0.378 e. The van der Waals surface area contributed by atoms with E-state index in [1.165, 1.54) is 0 Å². The Hall–Kier alpha value is -0.320. The number of rotatable bonds is 5. The molecule has 2 rings (SSSR count). The molecule has 0 unspecified atom stereocenters. The summed E-state index contributed by atoms with van der Waals surface area (Å²) in [5.74, 6) is 0. The van der Waals surface area contributed by atoms with E-state index in [-0.39, 0.29) is 0 Å². The molecule has 1 aliphatic heterocycles. The van der Waals surface area contributed by atoms with Gasteiger partial charge in [0.1, 0.15) is 5.60 Å². The molecule has 0 amide bonds. The second kappa shape index (κ2) is 7.62. The normalized spacial score (nSPS) is 23.6. The summed E-state index contributed by atoms with van der Waals surface area (Å²) in [5.41, 5.74) is 0.596. The molecule has 1 aromatic rings. The van der Waals surface area contributed by atoms with Crippen molar-refractivity contribution in [3.63, 3.8) is 0 Å². The van der Waals surface area contributed by atoms with Gasteiger partial charge in [-0.25, -0.2) is 0 Å². The van der Waals surface area contributed by atoms with Gasteiger partial charge in [0.05, 0.1) is 23.3 Å². The smallest absolute Gasteiger partial charge is 0.118 e. The number of benzene rings is 1. The predicted octanol–water partition coefficient (Wildman–Crippen LogP) is 3.63. The summed E-state index contributed by atoms with van der Waals surface area (Å²) < 4.78 is 11.9. The lowest BCUT2D eigenvalue weighted by atomic mass is 9.91. The van der Waals surface area contributed by atoms with Crippen LogP contribution in [0.2, 0.25) is 10.0 Å². The molecule has 3 nitrogen and oxygen atoms in total. The Bertz CT molecular complexity index is 432. The summed E-state index contributed by atoms with van der Waals surface area (Å²) in [7, 11) is 0. The van der Waals surface area contributed by atoms with E-state index >= 15 is 0 Å². The number of halogens is 2. The third-order valence-corrected chi connectivity index (χ3v) is 4.23. The van der Waals surface area contributed by atoms with Crippen LogP contribution >= 0.6 is 23.2 Å². The van der Waals surface area contributed by atoms with Gasteiger partial charge in [-0.3, -0.25) is 0 Å². The highest BCUT2D eigenvalue weighted by Crippen LogP contribution is 2.34. The lowest BCUT2D eigenvalue weighted by molar-refractivity contribution is -0.0987. The first kappa shape index (κ1) is 16.1. The molecule has 0 bridgehead atoms. The molecule has 1 N–H and O–H groups in total. The van der Waals surface area contributed by atoms with Gasteiger partial charge in [-0.2, -0.15) is 0 Å². The van der Waals surface area contributed by atoms with E-state index in [0.717, 1.165) is 38.1 Å². The minimum Gasteiger partial charge on any atom is -0.378 e. The highest BCUT2D eigenvalue weighted by molar-refractivity contribution is 6.42. The lowest BCUT2D eigenvalue weighted by Crippen LogP contribution is -2.36. The number of hydrogen-bond donors (Lipinski definition) is 1. The van der Waals surface area contributed by atoms with Gasteiger partial charge in [-0.1, -0.05) is 36.2 Å². The molecular formula is C15H21Cl2NO2. The van der Waals surface area contributed by atoms with Crippen molar-refractivity contribution < 1.29 is 9.47 Å². The van der Waals surface area contributed by atoms with Crippen molar-refractivity contribution in [2.75, 3.05) is 32.9 Å². The first-order valence-electron chi connectivity index (χ1n) is 7.06. The van der Waals surface area contributed by atoms with Gasteiger partial charge in [0.2, 0.25) is 0 Å². The number of nitrogens with one attached hydrogen (secondary N) is 1. The summed E-state index contributed by atoms with van der Waals surface area (Å²) in [6.07, 6.45) is 1.85. The SMILES string of the molecule is CCCOC[C@@]1(c2ccc(Cl)c(Cl)c2)CCNCCO1. The van der Waals surface area contributed by atoms with Crippen LogP contribution in [0.5, 0.6) is 0 Å². The van der Waals surface area contributed by atoms with E-state index in [2.05, 4.69) is 12.2 Å². The molecule has 5 heteroatoms. The molecule has 1 aliphatic rings. The standard InChI is InChI=1S/C15H21Cl2NO2/c1-2-8-19-11-15(5-6-18-7-9-20-15)12-3-4-13(16)14(17)10-12/h3-4,10,18H,2,5-9,11H2,1H3/t15-/m1/s1. The van der Waals surface area contributed by atoms with Crippen LogP contribution in [0.4, 0.5) is 0 Å². The minimum atomic E-state index is -0.438. The van der Waals surface area contributed by atoms with E-state index in [9.17, 15) is 0 Å². The maximum absolute atomic E-state index is 6.15. The van der Waals surface area contributed by atoms with Crippen molar-refractivity contribution in [2.45, 2.75) is 25.4 Å². The van der Waals surface area contributed by atoms with E-state index in [0.29, 0.717) is 23.3 Å². The van der Waals surface area contributed by atoms with Crippen LogP contribution in [-0.4, -0.2) is 32.9 Å². The fraction of sp³-hybridized carbons (Fsp3) is 0.600. The van der Waals surface area contributed by atoms with Crippen molar-refractivity contribution in [1.82, 2.24) is 5.32 Å². The molecule has 20 heavy (non-hydrogen) atoms. The van der Waals surface area contributed by atoms with Crippen LogP contribution in [0.15, 0.2) is 18.2 Å². The Morgan fingerprint density at radius 2 is 2.15 bits per heavy atom. The maximum Gasteiger partial charge on any atom is 0.118 e. The third-order valence-electron chi connectivity index (χ3n) is 3.49. The Morgan fingerprint density at radius 3 is 2.90 bits per heavy atom. The van der Waals surface area contributed by atoms with Gasteiger partial charge in [-0.15, -0.1) is 0 Å². The average Bonchev–Trinajstić information content (AvgIpc) is 2.69. The molecule has 0 aliphatic carbocycles. The summed E-state index contributed by atoms with van der Waals surface area (Å²) in [5, 5.41) is 4.47. The van der Waals surface area contributed by atoms with Crippen LogP contribution in [0.1, 0.15) is 25.3 Å². The topological polar surface area (TPSA) is 30.5 Å². The van der Waals surface area contributed by atoms with Crippen molar-refractivity contribution in [1.29, 1.82) is 0 Å². The molecule has 112 valence electrons. The Morgan fingerprint density at radius 1 is 1.30 bits per heavy atom. The van der Waals surface area contributed by atoms with Crippen LogP contribution in [0.3, 0.4) is 0 Å². The summed E-state index contributed by atoms with van der Waals surface area (Å²) in [6.45, 7) is 5.80. The molecule has 1 atom stereocenters. The van der Waals surface area contributed by atoms with Gasteiger partial charge in [-0.05, 0) is 37.1 Å². The Kier molecular flexibility index (Phi) is 6.12. The lowest BCUT2D eigenvalue weighted by Gasteiger charge is -2.33. The van der Waals surface area contributed by atoms with E-state index in [1.54, 1.807) is 0 Å². The van der Waals surface area contributed by atoms with Gasteiger partial charge in [0.25, 0.3) is 0 Å². The van der Waals surface area contributed by atoms with E-state index in [1.807, 2.05) is 18.2 Å². The van der Waals surface area contributed by atoms with Crippen LogP contribution < -0.4 is 5.32 Å². The predicted molar refractivity (Wildman–Crippen MR) is 82.7 cm³/mol. The molecule has 0 saturated carbocycles. The molecule has 0 aromatic heterocycles. The zero-order chi connectivity index (χ0) is 14.4. The van der Waals surface area contributed by atoms with Gasteiger partial charge < -0.3 is 14.8 Å². The third kappa shape index (κ3) is 3.86. The van der Waals surface area contributed by atoms with E-state index in [4.69, 9.17) is 32.7 Å². The zero-order valence-corrected chi connectivity index (χ0v) is 13.3. The molecule has 1 fully saturated rings. The quantitative estimate of drug-likeness (QED) is 0.841. The summed E-state index contributed by atoms with van der Waals surface area (Å²) in [6, 6.07) is 5.70.